The topological polar surface area (TPSA) is 26.0 Å². The fraction of sp³-hybridized carbons (Fsp3) is 0.538. The molecule has 1 aliphatic carbocycles. The van der Waals surface area contributed by atoms with Crippen LogP contribution in [0.2, 0.25) is 0 Å². The summed E-state index contributed by atoms with van der Waals surface area (Å²) in [6.45, 7) is 2.63. The van der Waals surface area contributed by atoms with Crippen molar-refractivity contribution in [1.29, 1.82) is 0 Å². The van der Waals surface area contributed by atoms with Crippen LogP contribution in [-0.2, 0) is 11.2 Å². The van der Waals surface area contributed by atoms with E-state index < -0.39 is 22.8 Å². The van der Waals surface area contributed by atoms with E-state index in [1.807, 2.05) is 0 Å². The second-order valence-electron chi connectivity index (χ2n) is 5.30. The highest BCUT2D eigenvalue weighted by atomic mass is 19.2. The Labute approximate surface area is 98.8 Å². The first-order valence-corrected chi connectivity index (χ1v) is 5.72. The quantitative estimate of drug-likeness (QED) is 0.845. The predicted octanol–water partition coefficient (Wildman–Crippen LogP) is 3.51. The Bertz CT molecular complexity index is 445. The SMILES string of the molecule is CC(C)(F)c1cc(F)c(F)c(C2(N)CCC2)c1. The van der Waals surface area contributed by atoms with Crippen LogP contribution in [0.25, 0.3) is 0 Å². The summed E-state index contributed by atoms with van der Waals surface area (Å²) < 4.78 is 41.0. The lowest BCUT2D eigenvalue weighted by Crippen LogP contribution is -2.44. The summed E-state index contributed by atoms with van der Waals surface area (Å²) in [4.78, 5) is 0. The normalized spacial score (nSPS) is 18.9. The maximum Gasteiger partial charge on any atom is 0.163 e. The number of nitrogens with two attached hydrogens (primary N) is 1. The molecular weight excluding hydrogens is 227 g/mol. The van der Waals surface area contributed by atoms with Gasteiger partial charge in [-0.05, 0) is 50.8 Å². The molecule has 0 spiro atoms. The molecule has 1 aromatic rings. The van der Waals surface area contributed by atoms with Gasteiger partial charge in [-0.2, -0.15) is 0 Å². The zero-order valence-corrected chi connectivity index (χ0v) is 9.99. The number of alkyl halides is 1. The number of benzene rings is 1. The van der Waals surface area contributed by atoms with E-state index in [4.69, 9.17) is 5.73 Å². The minimum absolute atomic E-state index is 0.101. The molecule has 1 nitrogen and oxygen atoms in total. The average Bonchev–Trinajstić information content (AvgIpc) is 2.17. The molecule has 0 radical (unpaired) electrons. The molecule has 2 N–H and O–H groups in total. The van der Waals surface area contributed by atoms with Gasteiger partial charge in [0.25, 0.3) is 0 Å². The lowest BCUT2D eigenvalue weighted by Gasteiger charge is -2.39. The second kappa shape index (κ2) is 3.73. The minimum Gasteiger partial charge on any atom is -0.321 e. The smallest absolute Gasteiger partial charge is 0.163 e. The fourth-order valence-electron chi connectivity index (χ4n) is 2.12. The Morgan fingerprint density at radius 1 is 1.24 bits per heavy atom. The van der Waals surface area contributed by atoms with Gasteiger partial charge in [0.1, 0.15) is 5.67 Å². The fourth-order valence-corrected chi connectivity index (χ4v) is 2.12. The van der Waals surface area contributed by atoms with Gasteiger partial charge >= 0.3 is 0 Å². The van der Waals surface area contributed by atoms with E-state index in [0.717, 1.165) is 12.5 Å². The zero-order chi connectivity index (χ0) is 12.8. The van der Waals surface area contributed by atoms with Gasteiger partial charge in [-0.15, -0.1) is 0 Å². The van der Waals surface area contributed by atoms with Crippen LogP contribution in [0.15, 0.2) is 12.1 Å². The number of halogens is 3. The van der Waals surface area contributed by atoms with Gasteiger partial charge in [-0.3, -0.25) is 0 Å². The van der Waals surface area contributed by atoms with Crippen molar-refractivity contribution in [2.45, 2.75) is 44.3 Å². The highest BCUT2D eigenvalue weighted by Gasteiger charge is 2.38. The third-order valence-electron chi connectivity index (χ3n) is 3.50. The van der Waals surface area contributed by atoms with Gasteiger partial charge in [0.15, 0.2) is 11.6 Å². The van der Waals surface area contributed by atoms with E-state index in [0.29, 0.717) is 12.8 Å². The summed E-state index contributed by atoms with van der Waals surface area (Å²) in [6.07, 6.45) is 2.11. The van der Waals surface area contributed by atoms with Crippen molar-refractivity contribution >= 4 is 0 Å². The molecule has 0 unspecified atom stereocenters. The van der Waals surface area contributed by atoms with E-state index in [1.165, 1.54) is 19.9 Å². The van der Waals surface area contributed by atoms with E-state index in [1.54, 1.807) is 0 Å². The first-order valence-electron chi connectivity index (χ1n) is 5.72. The Morgan fingerprint density at radius 2 is 1.82 bits per heavy atom. The Kier molecular flexibility index (Phi) is 2.73. The zero-order valence-electron chi connectivity index (χ0n) is 9.99. The van der Waals surface area contributed by atoms with Gasteiger partial charge in [-0.1, -0.05) is 0 Å². The van der Waals surface area contributed by atoms with Crippen molar-refractivity contribution in [3.8, 4) is 0 Å². The van der Waals surface area contributed by atoms with E-state index in [2.05, 4.69) is 0 Å². The van der Waals surface area contributed by atoms with Crippen LogP contribution < -0.4 is 5.73 Å². The highest BCUT2D eigenvalue weighted by Crippen LogP contribution is 2.41. The highest BCUT2D eigenvalue weighted by molar-refractivity contribution is 5.35. The van der Waals surface area contributed by atoms with Gasteiger partial charge in [-0.25, -0.2) is 13.2 Å². The molecule has 0 atom stereocenters. The van der Waals surface area contributed by atoms with Crippen LogP contribution in [-0.4, -0.2) is 0 Å². The summed E-state index contributed by atoms with van der Waals surface area (Å²) in [5.74, 6) is -1.97. The lowest BCUT2D eigenvalue weighted by atomic mass is 9.72. The van der Waals surface area contributed by atoms with Crippen molar-refractivity contribution in [2.75, 3.05) is 0 Å². The Hall–Kier alpha value is -1.03. The van der Waals surface area contributed by atoms with Crippen LogP contribution in [0, 0.1) is 11.6 Å². The number of hydrogen-bond donors (Lipinski definition) is 1. The monoisotopic (exact) mass is 243 g/mol. The van der Waals surface area contributed by atoms with E-state index in [-0.39, 0.29) is 11.1 Å². The maximum absolute atomic E-state index is 13.8. The Morgan fingerprint density at radius 3 is 2.24 bits per heavy atom. The molecule has 1 aromatic carbocycles. The van der Waals surface area contributed by atoms with Crippen molar-refractivity contribution in [3.05, 3.63) is 34.9 Å². The molecule has 0 aliphatic heterocycles. The molecule has 0 bridgehead atoms. The van der Waals surface area contributed by atoms with Crippen LogP contribution in [0.1, 0.15) is 44.2 Å². The average molecular weight is 243 g/mol. The molecule has 17 heavy (non-hydrogen) atoms. The summed E-state index contributed by atoms with van der Waals surface area (Å²) >= 11 is 0. The molecule has 0 heterocycles. The molecular formula is C13H16F3N. The summed E-state index contributed by atoms with van der Waals surface area (Å²) in [5.41, 5.74) is 3.67. The van der Waals surface area contributed by atoms with Gasteiger partial charge in [0.2, 0.25) is 0 Å². The van der Waals surface area contributed by atoms with Crippen LogP contribution in [0.4, 0.5) is 13.2 Å². The summed E-state index contributed by atoms with van der Waals surface area (Å²) in [6, 6.07) is 2.26. The van der Waals surface area contributed by atoms with Crippen LogP contribution >= 0.6 is 0 Å². The standard InChI is InChI=1S/C13H16F3N/c1-12(2,16)8-6-9(11(15)10(14)7-8)13(17)4-3-5-13/h6-7H,3-5,17H2,1-2H3. The van der Waals surface area contributed by atoms with Gasteiger partial charge in [0.05, 0.1) is 0 Å². The lowest BCUT2D eigenvalue weighted by molar-refractivity contribution is 0.215. The summed E-state index contributed by atoms with van der Waals surface area (Å²) in [7, 11) is 0. The first kappa shape index (κ1) is 12.4. The third-order valence-corrected chi connectivity index (χ3v) is 3.50. The van der Waals surface area contributed by atoms with Crippen LogP contribution in [0.3, 0.4) is 0 Å². The van der Waals surface area contributed by atoms with Crippen molar-refractivity contribution in [2.24, 2.45) is 5.73 Å². The van der Waals surface area contributed by atoms with Crippen molar-refractivity contribution < 1.29 is 13.2 Å². The molecule has 1 fully saturated rings. The molecule has 0 aromatic heterocycles. The molecule has 94 valence electrons. The largest absolute Gasteiger partial charge is 0.321 e. The predicted molar refractivity (Wildman–Crippen MR) is 60.2 cm³/mol. The summed E-state index contributed by atoms with van der Waals surface area (Å²) in [5, 5.41) is 0. The molecule has 1 saturated carbocycles. The molecule has 2 rings (SSSR count). The van der Waals surface area contributed by atoms with Gasteiger partial charge < -0.3 is 5.73 Å². The Balaban J connectivity index is 2.55. The van der Waals surface area contributed by atoms with Crippen molar-refractivity contribution in [1.82, 2.24) is 0 Å². The number of rotatable bonds is 2. The first-order chi connectivity index (χ1) is 7.74. The van der Waals surface area contributed by atoms with E-state index >= 15 is 0 Å². The molecule has 0 amide bonds. The van der Waals surface area contributed by atoms with E-state index in [9.17, 15) is 13.2 Å². The van der Waals surface area contributed by atoms with Gasteiger partial charge in [0, 0.05) is 11.1 Å². The second-order valence-corrected chi connectivity index (χ2v) is 5.30. The molecule has 4 heteroatoms. The molecule has 0 saturated heterocycles. The third kappa shape index (κ3) is 2.06. The maximum atomic E-state index is 13.8. The number of hydrogen-bond acceptors (Lipinski definition) is 1. The van der Waals surface area contributed by atoms with Crippen molar-refractivity contribution in [3.63, 3.8) is 0 Å². The molecule has 1 aliphatic rings. The van der Waals surface area contributed by atoms with Crippen LogP contribution in [0.5, 0.6) is 0 Å². The minimum atomic E-state index is -1.70.